The van der Waals surface area contributed by atoms with Gasteiger partial charge < -0.3 is 9.84 Å². The summed E-state index contributed by atoms with van der Waals surface area (Å²) in [5.74, 6) is 0. The first kappa shape index (κ1) is 12.4. The van der Waals surface area contributed by atoms with Crippen LogP contribution in [0.4, 0.5) is 4.79 Å². The number of hydrazone groups is 1. The van der Waals surface area contributed by atoms with Crippen molar-refractivity contribution in [1.82, 2.24) is 5.01 Å². The van der Waals surface area contributed by atoms with Crippen LogP contribution in [0.15, 0.2) is 35.4 Å². The number of hydrogen-bond acceptors (Lipinski definition) is 4. The molecule has 0 aromatic heterocycles. The summed E-state index contributed by atoms with van der Waals surface area (Å²) < 4.78 is 4.82. The summed E-state index contributed by atoms with van der Waals surface area (Å²) in [6.45, 7) is 0.723. The zero-order valence-corrected chi connectivity index (χ0v) is 10.0. The Labute approximate surface area is 106 Å². The highest BCUT2D eigenvalue weighted by atomic mass is 16.7. The lowest BCUT2D eigenvalue weighted by molar-refractivity contribution is -0.0538. The largest absolute Gasteiger partial charge is 0.507 e. The van der Waals surface area contributed by atoms with E-state index in [0.717, 1.165) is 24.9 Å². The van der Waals surface area contributed by atoms with E-state index in [2.05, 4.69) is 5.10 Å². The van der Waals surface area contributed by atoms with Gasteiger partial charge in [0.05, 0.1) is 6.21 Å². The summed E-state index contributed by atoms with van der Waals surface area (Å²) in [5, 5.41) is 14.7. The molecule has 1 fully saturated rings. The average molecular weight is 248 g/mol. The third-order valence-electron chi connectivity index (χ3n) is 2.81. The van der Waals surface area contributed by atoms with Gasteiger partial charge in [0.15, 0.2) is 6.23 Å². The van der Waals surface area contributed by atoms with Crippen LogP contribution in [0.25, 0.3) is 0 Å². The minimum Gasteiger partial charge on any atom is -0.450 e. The van der Waals surface area contributed by atoms with Gasteiger partial charge in [-0.05, 0) is 18.4 Å². The first-order valence-electron chi connectivity index (χ1n) is 6.01. The molecule has 0 amide bonds. The van der Waals surface area contributed by atoms with E-state index in [1.165, 1.54) is 0 Å². The number of carboxylic acid groups (broad SMARTS) is 1. The fourth-order valence-electron chi connectivity index (χ4n) is 1.93. The van der Waals surface area contributed by atoms with E-state index in [0.29, 0.717) is 6.42 Å². The summed E-state index contributed by atoms with van der Waals surface area (Å²) in [4.78, 5) is 10.6. The van der Waals surface area contributed by atoms with Crippen molar-refractivity contribution in [2.75, 3.05) is 6.54 Å². The zero-order valence-electron chi connectivity index (χ0n) is 10.0. The van der Waals surface area contributed by atoms with E-state index in [1.54, 1.807) is 11.2 Å². The Kier molecular flexibility index (Phi) is 4.17. The molecule has 1 unspecified atom stereocenters. The Hall–Kier alpha value is -2.04. The molecule has 0 bridgehead atoms. The van der Waals surface area contributed by atoms with Gasteiger partial charge in [-0.15, -0.1) is 0 Å². The first-order chi connectivity index (χ1) is 8.75. The van der Waals surface area contributed by atoms with Gasteiger partial charge in [0, 0.05) is 13.0 Å². The van der Waals surface area contributed by atoms with Gasteiger partial charge in [-0.25, -0.2) is 4.79 Å². The van der Waals surface area contributed by atoms with Crippen LogP contribution in [-0.4, -0.2) is 35.3 Å². The molecule has 1 N–H and O–H groups in total. The summed E-state index contributed by atoms with van der Waals surface area (Å²) in [6.07, 6.45) is 2.68. The molecule has 2 rings (SSSR count). The van der Waals surface area contributed by atoms with Crippen molar-refractivity contribution in [2.24, 2.45) is 5.10 Å². The van der Waals surface area contributed by atoms with Crippen LogP contribution in [-0.2, 0) is 4.74 Å². The molecule has 1 heterocycles. The Morgan fingerprint density at radius 2 is 2.17 bits per heavy atom. The summed E-state index contributed by atoms with van der Waals surface area (Å²) in [5.41, 5.74) is 0.983. The van der Waals surface area contributed by atoms with E-state index in [9.17, 15) is 4.79 Å². The minimum atomic E-state index is -1.25. The second-order valence-corrected chi connectivity index (χ2v) is 4.15. The lowest BCUT2D eigenvalue weighted by atomic mass is 10.1. The van der Waals surface area contributed by atoms with Gasteiger partial charge >= 0.3 is 6.16 Å². The van der Waals surface area contributed by atoms with Crippen LogP contribution < -0.4 is 0 Å². The van der Waals surface area contributed by atoms with Crippen LogP contribution in [0, 0.1) is 0 Å². The monoisotopic (exact) mass is 248 g/mol. The molecule has 5 heteroatoms. The molecule has 0 spiro atoms. The first-order valence-corrected chi connectivity index (χ1v) is 6.01. The SMILES string of the molecule is O=C(O)OC1CCCCN1/N=C/c1ccccc1. The van der Waals surface area contributed by atoms with Crippen LogP contribution in [0.1, 0.15) is 24.8 Å². The van der Waals surface area contributed by atoms with Crippen molar-refractivity contribution < 1.29 is 14.6 Å². The molecule has 0 aliphatic carbocycles. The second kappa shape index (κ2) is 6.05. The second-order valence-electron chi connectivity index (χ2n) is 4.15. The van der Waals surface area contributed by atoms with E-state index in [1.807, 2.05) is 30.3 Å². The van der Waals surface area contributed by atoms with Gasteiger partial charge in [0.2, 0.25) is 0 Å². The summed E-state index contributed by atoms with van der Waals surface area (Å²) in [6, 6.07) is 9.70. The van der Waals surface area contributed by atoms with Crippen molar-refractivity contribution in [1.29, 1.82) is 0 Å². The summed E-state index contributed by atoms with van der Waals surface area (Å²) >= 11 is 0. The average Bonchev–Trinajstić information content (AvgIpc) is 2.38. The fourth-order valence-corrected chi connectivity index (χ4v) is 1.93. The highest BCUT2D eigenvalue weighted by molar-refractivity contribution is 5.79. The quantitative estimate of drug-likeness (QED) is 0.659. The van der Waals surface area contributed by atoms with E-state index >= 15 is 0 Å². The fraction of sp³-hybridized carbons (Fsp3) is 0.385. The molecule has 0 radical (unpaired) electrons. The number of hydrogen-bond donors (Lipinski definition) is 1. The Morgan fingerprint density at radius 3 is 2.89 bits per heavy atom. The maximum absolute atomic E-state index is 10.6. The Morgan fingerprint density at radius 1 is 1.39 bits per heavy atom. The van der Waals surface area contributed by atoms with Gasteiger partial charge in [-0.2, -0.15) is 5.10 Å². The van der Waals surface area contributed by atoms with Crippen molar-refractivity contribution in [3.63, 3.8) is 0 Å². The zero-order chi connectivity index (χ0) is 12.8. The van der Waals surface area contributed by atoms with Crippen molar-refractivity contribution in [3.05, 3.63) is 35.9 Å². The molecule has 1 saturated heterocycles. The third kappa shape index (κ3) is 3.48. The number of nitrogens with zero attached hydrogens (tertiary/aromatic N) is 2. The third-order valence-corrected chi connectivity index (χ3v) is 2.81. The number of rotatable bonds is 3. The van der Waals surface area contributed by atoms with Gasteiger partial charge in [-0.1, -0.05) is 30.3 Å². The standard InChI is InChI=1S/C13H16N2O3/c16-13(17)18-12-8-4-5-9-15(12)14-10-11-6-2-1-3-7-11/h1-3,6-7,10,12H,4-5,8-9H2,(H,16,17)/b14-10+. The maximum atomic E-state index is 10.6. The topological polar surface area (TPSA) is 62.1 Å². The molecule has 1 atom stereocenters. The molecule has 1 aromatic carbocycles. The van der Waals surface area contributed by atoms with E-state index in [-0.39, 0.29) is 0 Å². The molecule has 5 nitrogen and oxygen atoms in total. The highest BCUT2D eigenvalue weighted by Gasteiger charge is 2.24. The molecule has 1 aromatic rings. The van der Waals surface area contributed by atoms with E-state index < -0.39 is 12.4 Å². The number of carbonyl (C=O) groups is 1. The van der Waals surface area contributed by atoms with Crippen LogP contribution in [0.3, 0.4) is 0 Å². The van der Waals surface area contributed by atoms with Crippen LogP contribution >= 0.6 is 0 Å². The predicted molar refractivity (Wildman–Crippen MR) is 67.5 cm³/mol. The molecule has 0 saturated carbocycles. The molecule has 1 aliphatic rings. The van der Waals surface area contributed by atoms with Crippen molar-refractivity contribution in [3.8, 4) is 0 Å². The Bertz CT molecular complexity index is 420. The van der Waals surface area contributed by atoms with Crippen molar-refractivity contribution >= 4 is 12.4 Å². The molecule has 96 valence electrons. The van der Waals surface area contributed by atoms with Crippen molar-refractivity contribution in [2.45, 2.75) is 25.5 Å². The number of piperidine rings is 1. The molecular weight excluding hydrogens is 232 g/mol. The van der Waals surface area contributed by atoms with Gasteiger partial charge in [0.1, 0.15) is 0 Å². The molecular formula is C13H16N2O3. The predicted octanol–water partition coefficient (Wildman–Crippen LogP) is 2.53. The highest BCUT2D eigenvalue weighted by Crippen LogP contribution is 2.18. The Balaban J connectivity index is 2.01. The number of benzene rings is 1. The molecule has 18 heavy (non-hydrogen) atoms. The minimum absolute atomic E-state index is 0.462. The normalized spacial score (nSPS) is 20.0. The lowest BCUT2D eigenvalue weighted by Gasteiger charge is -2.31. The van der Waals surface area contributed by atoms with Crippen LogP contribution in [0.5, 0.6) is 0 Å². The molecule has 1 aliphatic heterocycles. The summed E-state index contributed by atoms with van der Waals surface area (Å²) in [7, 11) is 0. The lowest BCUT2D eigenvalue weighted by Crippen LogP contribution is -2.38. The number of ether oxygens (including phenoxy) is 1. The smallest absolute Gasteiger partial charge is 0.450 e. The van der Waals surface area contributed by atoms with Gasteiger partial charge in [-0.3, -0.25) is 5.01 Å². The van der Waals surface area contributed by atoms with Gasteiger partial charge in [0.25, 0.3) is 0 Å². The maximum Gasteiger partial charge on any atom is 0.507 e. The van der Waals surface area contributed by atoms with E-state index in [4.69, 9.17) is 9.84 Å². The van der Waals surface area contributed by atoms with Crippen LogP contribution in [0.2, 0.25) is 0 Å².